The lowest BCUT2D eigenvalue weighted by molar-refractivity contribution is -0.142. The van der Waals surface area contributed by atoms with Crippen LogP contribution in [0, 0.1) is 5.92 Å². The Kier molecular flexibility index (Phi) is 4.02. The summed E-state index contributed by atoms with van der Waals surface area (Å²) in [6, 6.07) is 8.57. The van der Waals surface area contributed by atoms with Gasteiger partial charge in [0.05, 0.1) is 5.92 Å². The average molecular weight is 247 g/mol. The lowest BCUT2D eigenvalue weighted by Gasteiger charge is -2.24. The van der Waals surface area contributed by atoms with Crippen LogP contribution in [0.5, 0.6) is 0 Å². The van der Waals surface area contributed by atoms with Crippen molar-refractivity contribution in [2.75, 3.05) is 6.54 Å². The summed E-state index contributed by atoms with van der Waals surface area (Å²) in [5, 5.41) is 9.14. The first kappa shape index (κ1) is 13.1. The van der Waals surface area contributed by atoms with Crippen LogP contribution in [0.2, 0.25) is 0 Å². The van der Waals surface area contributed by atoms with Crippen molar-refractivity contribution >= 4 is 5.97 Å². The maximum Gasteiger partial charge on any atom is 0.308 e. The number of likely N-dealkylation sites (tertiary alicyclic amines) is 1. The molecule has 3 heteroatoms. The highest BCUT2D eigenvalue weighted by Gasteiger charge is 2.35. The molecule has 1 aliphatic rings. The first-order valence-electron chi connectivity index (χ1n) is 6.67. The van der Waals surface area contributed by atoms with Crippen LogP contribution in [-0.4, -0.2) is 28.6 Å². The summed E-state index contributed by atoms with van der Waals surface area (Å²) in [4.78, 5) is 13.4. The van der Waals surface area contributed by atoms with E-state index in [1.807, 2.05) is 6.92 Å². The molecule has 18 heavy (non-hydrogen) atoms. The zero-order valence-electron chi connectivity index (χ0n) is 11.1. The quantitative estimate of drug-likeness (QED) is 0.889. The van der Waals surface area contributed by atoms with E-state index in [1.165, 1.54) is 11.1 Å². The van der Waals surface area contributed by atoms with E-state index < -0.39 is 5.97 Å². The lowest BCUT2D eigenvalue weighted by Crippen LogP contribution is -2.32. The minimum absolute atomic E-state index is 0.132. The second-order valence-electron chi connectivity index (χ2n) is 5.07. The summed E-state index contributed by atoms with van der Waals surface area (Å²) < 4.78 is 0. The first-order valence-corrected chi connectivity index (χ1v) is 6.67. The fourth-order valence-electron chi connectivity index (χ4n) is 2.83. The minimum atomic E-state index is -0.659. The average Bonchev–Trinajstić information content (AvgIpc) is 2.72. The fraction of sp³-hybridized carbons (Fsp3) is 0.533. The lowest BCUT2D eigenvalue weighted by atomic mass is 10.0. The molecule has 98 valence electrons. The Hall–Kier alpha value is -1.35. The third-order valence-electron chi connectivity index (χ3n) is 4.08. The Morgan fingerprint density at radius 2 is 2.06 bits per heavy atom. The molecule has 0 aromatic heterocycles. The van der Waals surface area contributed by atoms with Crippen molar-refractivity contribution in [1.82, 2.24) is 4.90 Å². The van der Waals surface area contributed by atoms with E-state index in [9.17, 15) is 4.79 Å². The minimum Gasteiger partial charge on any atom is -0.481 e. The van der Waals surface area contributed by atoms with Crippen LogP contribution >= 0.6 is 0 Å². The molecule has 3 nitrogen and oxygen atoms in total. The molecule has 2 unspecified atom stereocenters. The number of carbonyl (C=O) groups is 1. The third-order valence-corrected chi connectivity index (χ3v) is 4.08. The number of carboxylic acid groups (broad SMARTS) is 1. The second kappa shape index (κ2) is 5.53. The van der Waals surface area contributed by atoms with Gasteiger partial charge in [0.1, 0.15) is 0 Å². The number of hydrogen-bond donors (Lipinski definition) is 1. The molecule has 0 bridgehead atoms. The maximum atomic E-state index is 11.1. The molecule has 0 aliphatic carbocycles. The van der Waals surface area contributed by atoms with Crippen LogP contribution in [-0.2, 0) is 17.8 Å². The summed E-state index contributed by atoms with van der Waals surface area (Å²) >= 11 is 0. The third kappa shape index (κ3) is 2.56. The van der Waals surface area contributed by atoms with Gasteiger partial charge in [0.15, 0.2) is 0 Å². The van der Waals surface area contributed by atoms with E-state index >= 15 is 0 Å². The van der Waals surface area contributed by atoms with E-state index in [0.29, 0.717) is 0 Å². The van der Waals surface area contributed by atoms with Crippen molar-refractivity contribution in [3.63, 3.8) is 0 Å². The van der Waals surface area contributed by atoms with Gasteiger partial charge in [0, 0.05) is 12.6 Å². The van der Waals surface area contributed by atoms with Gasteiger partial charge in [0.25, 0.3) is 0 Å². The highest BCUT2D eigenvalue weighted by atomic mass is 16.4. The topological polar surface area (TPSA) is 40.5 Å². The molecule has 1 aromatic carbocycles. The number of aryl methyl sites for hydroxylation is 1. The summed E-state index contributed by atoms with van der Waals surface area (Å²) in [5.41, 5.74) is 2.70. The van der Waals surface area contributed by atoms with Crippen LogP contribution in [0.1, 0.15) is 31.4 Å². The molecular formula is C15H21NO2. The van der Waals surface area contributed by atoms with Crippen LogP contribution in [0.3, 0.4) is 0 Å². The van der Waals surface area contributed by atoms with Gasteiger partial charge in [-0.05, 0) is 37.4 Å². The van der Waals surface area contributed by atoms with Crippen molar-refractivity contribution in [2.45, 2.75) is 39.3 Å². The Morgan fingerprint density at radius 1 is 1.39 bits per heavy atom. The molecule has 0 spiro atoms. The zero-order valence-corrected chi connectivity index (χ0v) is 11.1. The maximum absolute atomic E-state index is 11.1. The molecule has 1 aliphatic heterocycles. The normalized spacial score (nSPS) is 24.3. The van der Waals surface area contributed by atoms with E-state index in [1.54, 1.807) is 0 Å². The number of rotatable bonds is 4. The highest BCUT2D eigenvalue weighted by molar-refractivity contribution is 5.71. The standard InChI is InChI=1S/C15H21NO2/c1-3-12-6-4-5-7-13(12)10-16-9-8-14(11(16)2)15(17)18/h4-7,11,14H,3,8-10H2,1-2H3,(H,17,18). The van der Waals surface area contributed by atoms with Gasteiger partial charge in [0.2, 0.25) is 0 Å². The molecule has 2 rings (SSSR count). The van der Waals surface area contributed by atoms with Crippen LogP contribution < -0.4 is 0 Å². The Balaban J connectivity index is 2.09. The molecule has 1 aromatic rings. The Morgan fingerprint density at radius 3 is 2.61 bits per heavy atom. The van der Waals surface area contributed by atoms with Crippen molar-refractivity contribution in [3.8, 4) is 0 Å². The Labute approximate surface area is 108 Å². The monoisotopic (exact) mass is 247 g/mol. The van der Waals surface area contributed by atoms with Gasteiger partial charge in [-0.1, -0.05) is 31.2 Å². The van der Waals surface area contributed by atoms with Crippen molar-refractivity contribution < 1.29 is 9.90 Å². The van der Waals surface area contributed by atoms with Gasteiger partial charge in [-0.2, -0.15) is 0 Å². The number of carboxylic acids is 1. The number of nitrogens with zero attached hydrogens (tertiary/aromatic N) is 1. The first-order chi connectivity index (χ1) is 8.63. The van der Waals surface area contributed by atoms with E-state index in [0.717, 1.165) is 25.9 Å². The smallest absolute Gasteiger partial charge is 0.308 e. The van der Waals surface area contributed by atoms with Crippen LogP contribution in [0.4, 0.5) is 0 Å². The SMILES string of the molecule is CCc1ccccc1CN1CCC(C(=O)O)C1C. The molecule has 1 heterocycles. The van der Waals surface area contributed by atoms with Gasteiger partial charge >= 0.3 is 5.97 Å². The molecule has 1 N–H and O–H groups in total. The number of aliphatic carboxylic acids is 1. The molecule has 0 saturated carbocycles. The van der Waals surface area contributed by atoms with Crippen molar-refractivity contribution in [2.24, 2.45) is 5.92 Å². The predicted molar refractivity (Wildman–Crippen MR) is 71.4 cm³/mol. The fourth-order valence-corrected chi connectivity index (χ4v) is 2.83. The summed E-state index contributed by atoms with van der Waals surface area (Å²) in [6.45, 7) is 5.94. The van der Waals surface area contributed by atoms with Gasteiger partial charge in [-0.3, -0.25) is 9.69 Å². The molecule has 1 saturated heterocycles. The summed E-state index contributed by atoms with van der Waals surface area (Å²) in [5.74, 6) is -0.868. The van der Waals surface area contributed by atoms with Crippen molar-refractivity contribution in [1.29, 1.82) is 0 Å². The molecule has 2 atom stereocenters. The molecule has 1 fully saturated rings. The van der Waals surface area contributed by atoms with E-state index in [2.05, 4.69) is 36.1 Å². The summed E-state index contributed by atoms with van der Waals surface area (Å²) in [7, 11) is 0. The zero-order chi connectivity index (χ0) is 13.1. The van der Waals surface area contributed by atoms with Gasteiger partial charge in [-0.15, -0.1) is 0 Å². The van der Waals surface area contributed by atoms with Gasteiger partial charge < -0.3 is 5.11 Å². The molecule has 0 amide bonds. The highest BCUT2D eigenvalue weighted by Crippen LogP contribution is 2.26. The molecular weight excluding hydrogens is 226 g/mol. The van der Waals surface area contributed by atoms with Gasteiger partial charge in [-0.25, -0.2) is 0 Å². The number of hydrogen-bond acceptors (Lipinski definition) is 2. The predicted octanol–water partition coefficient (Wildman–Crippen LogP) is 2.54. The number of benzene rings is 1. The van der Waals surface area contributed by atoms with Crippen LogP contribution in [0.15, 0.2) is 24.3 Å². The Bertz CT molecular complexity index is 430. The largest absolute Gasteiger partial charge is 0.481 e. The summed E-state index contributed by atoms with van der Waals surface area (Å²) in [6.07, 6.45) is 1.80. The van der Waals surface area contributed by atoms with E-state index in [-0.39, 0.29) is 12.0 Å². The van der Waals surface area contributed by atoms with E-state index in [4.69, 9.17) is 5.11 Å². The second-order valence-corrected chi connectivity index (χ2v) is 5.07. The molecule has 0 radical (unpaired) electrons. The van der Waals surface area contributed by atoms with Crippen molar-refractivity contribution in [3.05, 3.63) is 35.4 Å². The van der Waals surface area contributed by atoms with Crippen LogP contribution in [0.25, 0.3) is 0 Å².